The average Bonchev–Trinajstić information content (AvgIpc) is 2.72. The van der Waals surface area contributed by atoms with E-state index in [1.807, 2.05) is 12.1 Å². The number of carbonyl (C=O) groups is 1. The van der Waals surface area contributed by atoms with E-state index in [9.17, 15) is 4.79 Å². The molecule has 4 aromatic rings. The normalized spacial score (nSPS) is 13.1. The third kappa shape index (κ3) is 1.71. The highest BCUT2D eigenvalue weighted by Gasteiger charge is 2.22. The monoisotopic (exact) mass is 294 g/mol. The fourth-order valence-electron chi connectivity index (χ4n) is 3.83. The standard InChI is InChI=1S/C22H14O/c23-20-13-16-12-11-14-5-1-2-8-17(14)22(16)19-10-4-7-15-6-3-9-18(20)21(15)19/h1-12H,13H2. The number of rotatable bonds is 0. The van der Waals surface area contributed by atoms with Gasteiger partial charge < -0.3 is 0 Å². The van der Waals surface area contributed by atoms with Crippen LogP contribution in [0.3, 0.4) is 0 Å². The summed E-state index contributed by atoms with van der Waals surface area (Å²) in [5.41, 5.74) is 4.36. The highest BCUT2D eigenvalue weighted by atomic mass is 16.1. The first-order valence-electron chi connectivity index (χ1n) is 7.89. The van der Waals surface area contributed by atoms with Gasteiger partial charge >= 0.3 is 0 Å². The van der Waals surface area contributed by atoms with Crippen LogP contribution in [0.4, 0.5) is 0 Å². The fourth-order valence-corrected chi connectivity index (χ4v) is 3.83. The van der Waals surface area contributed by atoms with Crippen LogP contribution in [0.25, 0.3) is 32.7 Å². The first-order chi connectivity index (χ1) is 11.3. The maximum absolute atomic E-state index is 12.8. The van der Waals surface area contributed by atoms with Gasteiger partial charge in [0.05, 0.1) is 0 Å². The Labute approximate surface area is 134 Å². The Kier molecular flexibility index (Phi) is 2.48. The van der Waals surface area contributed by atoms with E-state index in [0.29, 0.717) is 6.42 Å². The summed E-state index contributed by atoms with van der Waals surface area (Å²) in [6, 6.07) is 25.0. The molecule has 0 aliphatic heterocycles. The second kappa shape index (κ2) is 4.53. The van der Waals surface area contributed by atoms with E-state index in [1.54, 1.807) is 0 Å². The summed E-state index contributed by atoms with van der Waals surface area (Å²) >= 11 is 0. The highest BCUT2D eigenvalue weighted by Crippen LogP contribution is 2.40. The van der Waals surface area contributed by atoms with Gasteiger partial charge in [0.15, 0.2) is 5.78 Å². The van der Waals surface area contributed by atoms with Crippen LogP contribution in [0.2, 0.25) is 0 Å². The summed E-state index contributed by atoms with van der Waals surface area (Å²) in [4.78, 5) is 12.8. The van der Waals surface area contributed by atoms with Crippen LogP contribution in [-0.4, -0.2) is 5.78 Å². The molecule has 0 aromatic heterocycles. The van der Waals surface area contributed by atoms with Crippen molar-refractivity contribution in [3.63, 3.8) is 0 Å². The summed E-state index contributed by atoms with van der Waals surface area (Å²) in [6.07, 6.45) is 0.466. The average molecular weight is 294 g/mol. The third-order valence-corrected chi connectivity index (χ3v) is 4.84. The Morgan fingerprint density at radius 1 is 0.652 bits per heavy atom. The molecular weight excluding hydrogens is 280 g/mol. The second-order valence-electron chi connectivity index (χ2n) is 6.13. The second-order valence-corrected chi connectivity index (χ2v) is 6.13. The molecular formula is C22H14O. The van der Waals surface area contributed by atoms with Crippen LogP contribution in [0, 0.1) is 0 Å². The van der Waals surface area contributed by atoms with Gasteiger partial charge in [-0.05, 0) is 32.8 Å². The van der Waals surface area contributed by atoms with Gasteiger partial charge in [0.25, 0.3) is 0 Å². The minimum atomic E-state index is 0.206. The van der Waals surface area contributed by atoms with E-state index >= 15 is 0 Å². The molecule has 23 heavy (non-hydrogen) atoms. The molecule has 0 N–H and O–H groups in total. The molecule has 4 aromatic carbocycles. The first-order valence-corrected chi connectivity index (χ1v) is 7.89. The lowest BCUT2D eigenvalue weighted by Crippen LogP contribution is -2.02. The number of fused-ring (bicyclic) bond motifs is 4. The van der Waals surface area contributed by atoms with Crippen molar-refractivity contribution in [2.45, 2.75) is 6.42 Å². The lowest BCUT2D eigenvalue weighted by Gasteiger charge is -2.12. The van der Waals surface area contributed by atoms with Gasteiger partial charge in [-0.3, -0.25) is 4.79 Å². The van der Waals surface area contributed by atoms with Gasteiger partial charge in [0, 0.05) is 17.4 Å². The van der Waals surface area contributed by atoms with E-state index in [1.165, 1.54) is 21.9 Å². The number of carbonyl (C=O) groups excluding carboxylic acids is 1. The summed E-state index contributed by atoms with van der Waals surface area (Å²) in [6.45, 7) is 0. The quantitative estimate of drug-likeness (QED) is 0.424. The zero-order chi connectivity index (χ0) is 15.4. The maximum atomic E-state index is 12.8. The van der Waals surface area contributed by atoms with Crippen molar-refractivity contribution in [1.82, 2.24) is 0 Å². The molecule has 0 spiro atoms. The van der Waals surface area contributed by atoms with E-state index in [2.05, 4.69) is 60.7 Å². The van der Waals surface area contributed by atoms with Crippen LogP contribution in [0.1, 0.15) is 15.9 Å². The highest BCUT2D eigenvalue weighted by molar-refractivity contribution is 6.18. The SMILES string of the molecule is O=C1Cc2ccc3ccccc3c2-c2cccc3cccc1c23. The van der Waals surface area contributed by atoms with Crippen molar-refractivity contribution in [3.05, 3.63) is 83.9 Å². The Morgan fingerprint density at radius 2 is 1.39 bits per heavy atom. The molecule has 0 radical (unpaired) electrons. The summed E-state index contributed by atoms with van der Waals surface area (Å²) in [7, 11) is 0. The first kappa shape index (κ1) is 12.6. The van der Waals surface area contributed by atoms with Gasteiger partial charge in [0.1, 0.15) is 0 Å². The molecule has 1 aliphatic rings. The van der Waals surface area contributed by atoms with Crippen molar-refractivity contribution < 1.29 is 4.79 Å². The Morgan fingerprint density at radius 3 is 2.26 bits per heavy atom. The van der Waals surface area contributed by atoms with Crippen LogP contribution in [-0.2, 0) is 6.42 Å². The number of hydrogen-bond acceptors (Lipinski definition) is 1. The summed E-state index contributed by atoms with van der Waals surface area (Å²) < 4.78 is 0. The molecule has 1 nitrogen and oxygen atoms in total. The Hall–Kier alpha value is -2.93. The summed E-state index contributed by atoms with van der Waals surface area (Å²) in [5.74, 6) is 0.206. The molecule has 0 bridgehead atoms. The maximum Gasteiger partial charge on any atom is 0.167 e. The zero-order valence-electron chi connectivity index (χ0n) is 12.5. The molecule has 1 heteroatoms. The van der Waals surface area contributed by atoms with Crippen molar-refractivity contribution in [3.8, 4) is 11.1 Å². The van der Waals surface area contributed by atoms with Crippen LogP contribution >= 0.6 is 0 Å². The molecule has 0 atom stereocenters. The molecule has 0 fully saturated rings. The third-order valence-electron chi connectivity index (χ3n) is 4.84. The predicted molar refractivity (Wildman–Crippen MR) is 94.9 cm³/mol. The molecule has 0 heterocycles. The van der Waals surface area contributed by atoms with E-state index in [4.69, 9.17) is 0 Å². The van der Waals surface area contributed by atoms with Gasteiger partial charge in [-0.15, -0.1) is 0 Å². The molecule has 108 valence electrons. The van der Waals surface area contributed by atoms with E-state index < -0.39 is 0 Å². The van der Waals surface area contributed by atoms with Crippen LogP contribution in [0.15, 0.2) is 72.8 Å². The Balaban J connectivity index is 2.05. The smallest absolute Gasteiger partial charge is 0.167 e. The number of benzene rings is 4. The van der Waals surface area contributed by atoms with E-state index in [-0.39, 0.29) is 5.78 Å². The van der Waals surface area contributed by atoms with Gasteiger partial charge in [-0.2, -0.15) is 0 Å². The molecule has 0 amide bonds. The molecule has 0 saturated carbocycles. The lowest BCUT2D eigenvalue weighted by atomic mass is 9.91. The minimum absolute atomic E-state index is 0.206. The van der Waals surface area contributed by atoms with Crippen molar-refractivity contribution in [2.75, 3.05) is 0 Å². The largest absolute Gasteiger partial charge is 0.294 e. The Bertz CT molecular complexity index is 1100. The lowest BCUT2D eigenvalue weighted by molar-refractivity contribution is 0.0995. The van der Waals surface area contributed by atoms with Gasteiger partial charge in [-0.1, -0.05) is 72.8 Å². The molecule has 0 unspecified atom stereocenters. The predicted octanol–water partition coefficient (Wildman–Crippen LogP) is 5.40. The molecule has 1 aliphatic carbocycles. The minimum Gasteiger partial charge on any atom is -0.294 e. The number of hydrogen-bond donors (Lipinski definition) is 0. The summed E-state index contributed by atoms with van der Waals surface area (Å²) in [5, 5.41) is 4.67. The van der Waals surface area contributed by atoms with Gasteiger partial charge in [-0.25, -0.2) is 0 Å². The fraction of sp³-hybridized carbons (Fsp3) is 0.0455. The molecule has 5 rings (SSSR count). The van der Waals surface area contributed by atoms with Gasteiger partial charge in [0.2, 0.25) is 0 Å². The number of Topliss-reactive ketones (excluding diaryl/α,β-unsaturated/α-hetero) is 1. The molecule has 0 saturated heterocycles. The van der Waals surface area contributed by atoms with E-state index in [0.717, 1.165) is 21.9 Å². The van der Waals surface area contributed by atoms with Crippen molar-refractivity contribution in [1.29, 1.82) is 0 Å². The van der Waals surface area contributed by atoms with Crippen LogP contribution < -0.4 is 0 Å². The number of ketones is 1. The van der Waals surface area contributed by atoms with Crippen molar-refractivity contribution in [2.24, 2.45) is 0 Å². The zero-order valence-corrected chi connectivity index (χ0v) is 12.5. The van der Waals surface area contributed by atoms with Crippen LogP contribution in [0.5, 0.6) is 0 Å². The topological polar surface area (TPSA) is 17.1 Å². The van der Waals surface area contributed by atoms with Crippen molar-refractivity contribution >= 4 is 27.3 Å².